The van der Waals surface area contributed by atoms with Crippen LogP contribution in [0.5, 0.6) is 0 Å². The molecule has 0 unspecified atom stereocenters. The van der Waals surface area contributed by atoms with Gasteiger partial charge in [0.15, 0.2) is 0 Å². The monoisotopic (exact) mass is 250 g/mol. The molecule has 1 aromatic rings. The van der Waals surface area contributed by atoms with Gasteiger partial charge >= 0.3 is 0 Å². The highest BCUT2D eigenvalue weighted by Gasteiger charge is 2.04. The first-order valence-corrected chi connectivity index (χ1v) is 6.91. The summed E-state index contributed by atoms with van der Waals surface area (Å²) < 4.78 is 0. The van der Waals surface area contributed by atoms with Crippen LogP contribution in [0.25, 0.3) is 0 Å². The Morgan fingerprint density at radius 1 is 1.39 bits per heavy atom. The molecule has 1 aromatic heterocycles. The van der Waals surface area contributed by atoms with Gasteiger partial charge in [0.05, 0.1) is 0 Å². The maximum absolute atomic E-state index is 4.53. The normalized spacial score (nSPS) is 10.7. The van der Waals surface area contributed by atoms with Gasteiger partial charge < -0.3 is 10.2 Å². The molecule has 0 atom stereocenters. The lowest BCUT2D eigenvalue weighted by molar-refractivity contribution is 0.606. The van der Waals surface area contributed by atoms with E-state index in [1.54, 1.807) is 0 Å². The minimum absolute atomic E-state index is 0.702. The van der Waals surface area contributed by atoms with E-state index in [1.807, 2.05) is 12.3 Å². The van der Waals surface area contributed by atoms with E-state index in [2.05, 4.69) is 48.0 Å². The van der Waals surface area contributed by atoms with E-state index >= 15 is 0 Å². The molecule has 0 fully saturated rings. The summed E-state index contributed by atoms with van der Waals surface area (Å²) in [6.45, 7) is 8.61. The molecule has 102 valence electrons. The number of nitrogens with zero attached hydrogens (tertiary/aromatic N) is 3. The number of aromatic nitrogens is 2. The third-order valence-corrected chi connectivity index (χ3v) is 2.88. The summed E-state index contributed by atoms with van der Waals surface area (Å²) in [6, 6.07) is 1.96. The fraction of sp³-hybridized carbons (Fsp3) is 0.714. The van der Waals surface area contributed by atoms with Crippen LogP contribution in [0.1, 0.15) is 40.0 Å². The van der Waals surface area contributed by atoms with E-state index in [9.17, 15) is 0 Å². The number of rotatable bonds is 8. The summed E-state index contributed by atoms with van der Waals surface area (Å²) >= 11 is 0. The molecule has 4 heteroatoms. The molecule has 0 saturated carbocycles. The molecule has 0 spiro atoms. The molecule has 0 aliphatic heterocycles. The van der Waals surface area contributed by atoms with E-state index in [0.29, 0.717) is 5.92 Å². The van der Waals surface area contributed by atoms with Crippen molar-refractivity contribution in [1.29, 1.82) is 0 Å². The summed E-state index contributed by atoms with van der Waals surface area (Å²) in [6.07, 6.45) is 5.35. The lowest BCUT2D eigenvalue weighted by Gasteiger charge is -2.18. The molecule has 0 radical (unpaired) electrons. The zero-order chi connectivity index (χ0) is 13.4. The van der Waals surface area contributed by atoms with Gasteiger partial charge in [-0.05, 0) is 24.8 Å². The Hall–Kier alpha value is -1.32. The van der Waals surface area contributed by atoms with Crippen molar-refractivity contribution in [2.24, 2.45) is 5.92 Å². The SMILES string of the molecule is CCCCN(C)c1ccnc(NCCC(C)C)n1. The second-order valence-corrected chi connectivity index (χ2v) is 5.12. The van der Waals surface area contributed by atoms with Crippen molar-refractivity contribution in [3.8, 4) is 0 Å². The van der Waals surface area contributed by atoms with E-state index in [1.165, 1.54) is 12.8 Å². The Bertz CT molecular complexity index is 338. The van der Waals surface area contributed by atoms with Gasteiger partial charge in [-0.2, -0.15) is 4.98 Å². The van der Waals surface area contributed by atoms with E-state index in [4.69, 9.17) is 0 Å². The third-order valence-electron chi connectivity index (χ3n) is 2.88. The van der Waals surface area contributed by atoms with Gasteiger partial charge in [0.1, 0.15) is 5.82 Å². The van der Waals surface area contributed by atoms with E-state index in [-0.39, 0.29) is 0 Å². The minimum Gasteiger partial charge on any atom is -0.360 e. The van der Waals surface area contributed by atoms with Gasteiger partial charge in [-0.1, -0.05) is 27.2 Å². The van der Waals surface area contributed by atoms with Gasteiger partial charge in [0.2, 0.25) is 5.95 Å². The van der Waals surface area contributed by atoms with Crippen LogP contribution in [0.4, 0.5) is 11.8 Å². The van der Waals surface area contributed by atoms with Crippen LogP contribution in [0.2, 0.25) is 0 Å². The molecule has 1 heterocycles. The van der Waals surface area contributed by atoms with Crippen molar-refractivity contribution in [2.75, 3.05) is 30.4 Å². The van der Waals surface area contributed by atoms with E-state index in [0.717, 1.165) is 31.3 Å². The van der Waals surface area contributed by atoms with Gasteiger partial charge in [-0.25, -0.2) is 4.98 Å². The second-order valence-electron chi connectivity index (χ2n) is 5.12. The van der Waals surface area contributed by atoms with Crippen molar-refractivity contribution >= 4 is 11.8 Å². The first-order valence-electron chi connectivity index (χ1n) is 6.91. The van der Waals surface area contributed by atoms with Gasteiger partial charge in [-0.15, -0.1) is 0 Å². The summed E-state index contributed by atoms with van der Waals surface area (Å²) in [4.78, 5) is 11.0. The summed E-state index contributed by atoms with van der Waals surface area (Å²) in [5.41, 5.74) is 0. The zero-order valence-corrected chi connectivity index (χ0v) is 12.1. The highest BCUT2D eigenvalue weighted by atomic mass is 15.2. The Morgan fingerprint density at radius 3 is 2.83 bits per heavy atom. The van der Waals surface area contributed by atoms with Crippen LogP contribution in [0.15, 0.2) is 12.3 Å². The first-order chi connectivity index (χ1) is 8.63. The predicted octanol–water partition coefficient (Wildman–Crippen LogP) is 3.17. The van der Waals surface area contributed by atoms with E-state index < -0.39 is 0 Å². The lowest BCUT2D eigenvalue weighted by atomic mass is 10.1. The molecule has 1 N–H and O–H groups in total. The average molecular weight is 250 g/mol. The Labute approximate surface area is 111 Å². The van der Waals surface area contributed by atoms with Crippen LogP contribution in [0.3, 0.4) is 0 Å². The highest BCUT2D eigenvalue weighted by Crippen LogP contribution is 2.11. The highest BCUT2D eigenvalue weighted by molar-refractivity contribution is 5.41. The Morgan fingerprint density at radius 2 is 2.17 bits per heavy atom. The molecular formula is C14H26N4. The summed E-state index contributed by atoms with van der Waals surface area (Å²) in [7, 11) is 2.08. The maximum atomic E-state index is 4.53. The number of unbranched alkanes of at least 4 members (excludes halogenated alkanes) is 1. The fourth-order valence-corrected chi connectivity index (χ4v) is 1.63. The smallest absolute Gasteiger partial charge is 0.224 e. The average Bonchev–Trinajstić information content (AvgIpc) is 2.36. The largest absolute Gasteiger partial charge is 0.360 e. The number of hydrogen-bond acceptors (Lipinski definition) is 4. The van der Waals surface area contributed by atoms with Crippen molar-refractivity contribution in [2.45, 2.75) is 40.0 Å². The third kappa shape index (κ3) is 5.34. The number of hydrogen-bond donors (Lipinski definition) is 1. The summed E-state index contributed by atoms with van der Waals surface area (Å²) in [5, 5.41) is 3.28. The van der Waals surface area contributed by atoms with Gasteiger partial charge in [0, 0.05) is 26.3 Å². The quantitative estimate of drug-likeness (QED) is 0.769. The molecule has 0 bridgehead atoms. The van der Waals surface area contributed by atoms with Crippen LogP contribution >= 0.6 is 0 Å². The summed E-state index contributed by atoms with van der Waals surface area (Å²) in [5.74, 6) is 2.43. The zero-order valence-electron chi connectivity index (χ0n) is 12.1. The van der Waals surface area contributed by atoms with Crippen molar-refractivity contribution in [3.63, 3.8) is 0 Å². The fourth-order valence-electron chi connectivity index (χ4n) is 1.63. The first kappa shape index (κ1) is 14.7. The van der Waals surface area contributed by atoms with Gasteiger partial charge in [0.25, 0.3) is 0 Å². The second kappa shape index (κ2) is 7.90. The number of anilines is 2. The van der Waals surface area contributed by atoms with Crippen LogP contribution in [0, 0.1) is 5.92 Å². The molecule has 0 amide bonds. The molecule has 0 saturated heterocycles. The lowest BCUT2D eigenvalue weighted by Crippen LogP contribution is -2.20. The molecule has 0 aliphatic rings. The topological polar surface area (TPSA) is 41.1 Å². The molecule has 0 aliphatic carbocycles. The Balaban J connectivity index is 2.50. The molecule has 1 rings (SSSR count). The predicted molar refractivity (Wildman–Crippen MR) is 78.2 cm³/mol. The van der Waals surface area contributed by atoms with Crippen molar-refractivity contribution in [3.05, 3.63) is 12.3 Å². The minimum atomic E-state index is 0.702. The molecule has 0 aromatic carbocycles. The van der Waals surface area contributed by atoms with Crippen molar-refractivity contribution in [1.82, 2.24) is 9.97 Å². The Kier molecular flexibility index (Phi) is 6.47. The van der Waals surface area contributed by atoms with Gasteiger partial charge in [-0.3, -0.25) is 0 Å². The molecular weight excluding hydrogens is 224 g/mol. The number of nitrogens with one attached hydrogen (secondary N) is 1. The maximum Gasteiger partial charge on any atom is 0.224 e. The van der Waals surface area contributed by atoms with Crippen LogP contribution in [-0.2, 0) is 0 Å². The van der Waals surface area contributed by atoms with Crippen LogP contribution < -0.4 is 10.2 Å². The van der Waals surface area contributed by atoms with Crippen molar-refractivity contribution < 1.29 is 0 Å². The standard InChI is InChI=1S/C14H26N4/c1-5-6-11-18(4)13-8-10-16-14(17-13)15-9-7-12(2)3/h8,10,12H,5-7,9,11H2,1-4H3,(H,15,16,17). The molecule has 4 nitrogen and oxygen atoms in total. The molecule has 18 heavy (non-hydrogen) atoms. The van der Waals surface area contributed by atoms with Crippen LogP contribution in [-0.4, -0.2) is 30.1 Å².